The molecule has 0 amide bonds. The van der Waals surface area contributed by atoms with E-state index in [9.17, 15) is 8.42 Å². The van der Waals surface area contributed by atoms with Crippen LogP contribution in [-0.2, 0) is 9.84 Å². The van der Waals surface area contributed by atoms with Gasteiger partial charge in [-0.15, -0.1) is 0 Å². The Morgan fingerprint density at radius 3 is 2.81 bits per heavy atom. The van der Waals surface area contributed by atoms with Gasteiger partial charge in [-0.25, -0.2) is 8.42 Å². The Morgan fingerprint density at radius 2 is 2.19 bits per heavy atom. The fourth-order valence-electron chi connectivity index (χ4n) is 1.56. The van der Waals surface area contributed by atoms with E-state index >= 15 is 0 Å². The number of aromatic nitrogens is 1. The highest BCUT2D eigenvalue weighted by Crippen LogP contribution is 2.10. The van der Waals surface area contributed by atoms with Crippen molar-refractivity contribution in [2.24, 2.45) is 5.10 Å². The van der Waals surface area contributed by atoms with Crippen molar-refractivity contribution in [1.29, 1.82) is 0 Å². The van der Waals surface area contributed by atoms with E-state index in [2.05, 4.69) is 15.5 Å². The third-order valence-corrected chi connectivity index (χ3v) is 4.18. The Labute approximate surface area is 94.5 Å². The molecule has 0 unspecified atom stereocenters. The molecule has 1 fully saturated rings. The van der Waals surface area contributed by atoms with Crippen molar-refractivity contribution in [3.05, 3.63) is 30.1 Å². The van der Waals surface area contributed by atoms with Crippen LogP contribution in [0.15, 0.2) is 29.6 Å². The lowest BCUT2D eigenvalue weighted by molar-refractivity contribution is 0.578. The number of pyridine rings is 1. The molecule has 0 spiro atoms. The predicted octanol–water partition coefficient (Wildman–Crippen LogP) is 0.192. The van der Waals surface area contributed by atoms with Gasteiger partial charge in [0.25, 0.3) is 0 Å². The van der Waals surface area contributed by atoms with Gasteiger partial charge < -0.3 is 5.43 Å². The average Bonchev–Trinajstić information content (AvgIpc) is 2.60. The highest BCUT2D eigenvalue weighted by Gasteiger charge is 2.27. The lowest BCUT2D eigenvalue weighted by atomic mass is 10.3. The molecule has 2 heterocycles. The summed E-state index contributed by atoms with van der Waals surface area (Å²) in [5.74, 6) is 0.441. The lowest BCUT2D eigenvalue weighted by Crippen LogP contribution is -2.25. The summed E-state index contributed by atoms with van der Waals surface area (Å²) in [6.45, 7) is 0. The Kier molecular flexibility index (Phi) is 3.19. The highest BCUT2D eigenvalue weighted by atomic mass is 32.2. The summed E-state index contributed by atoms with van der Waals surface area (Å²) in [5, 5.41) is 4.02. The lowest BCUT2D eigenvalue weighted by Gasteiger charge is -2.05. The zero-order valence-electron chi connectivity index (χ0n) is 8.70. The number of hydrogen-bond donors (Lipinski definition) is 1. The molecular weight excluding hydrogens is 226 g/mol. The van der Waals surface area contributed by atoms with Gasteiger partial charge in [0.15, 0.2) is 9.84 Å². The Bertz CT molecular complexity index is 470. The predicted molar refractivity (Wildman–Crippen MR) is 62.0 cm³/mol. The molecule has 0 radical (unpaired) electrons. The van der Waals surface area contributed by atoms with Gasteiger partial charge in [-0.2, -0.15) is 5.10 Å². The second-order valence-corrected chi connectivity index (χ2v) is 6.00. The number of nitrogens with one attached hydrogen (secondary N) is 1. The number of nitrogens with zero attached hydrogens (tertiary/aromatic N) is 2. The summed E-state index contributed by atoms with van der Waals surface area (Å²) in [6.07, 6.45) is 5.66. The van der Waals surface area contributed by atoms with Crippen LogP contribution in [0.25, 0.3) is 0 Å². The minimum absolute atomic E-state index is 0.0527. The molecule has 5 nitrogen and oxygen atoms in total. The fourth-order valence-corrected chi connectivity index (χ4v) is 3.23. The van der Waals surface area contributed by atoms with Crippen LogP contribution in [0, 0.1) is 0 Å². The van der Waals surface area contributed by atoms with Gasteiger partial charge in [-0.3, -0.25) is 4.98 Å². The van der Waals surface area contributed by atoms with Crippen LogP contribution in [0.4, 0.5) is 0 Å². The third kappa shape index (κ3) is 3.03. The van der Waals surface area contributed by atoms with Gasteiger partial charge in [-0.05, 0) is 24.1 Å². The molecule has 1 aliphatic rings. The van der Waals surface area contributed by atoms with E-state index in [4.69, 9.17) is 0 Å². The summed E-state index contributed by atoms with van der Waals surface area (Å²) in [4.78, 5) is 3.89. The standard InChI is InChI=1S/C10H13N3O2S/c14-16(15)6-3-10(8-16)13-12-7-9-1-4-11-5-2-9/h1-2,4-5,7,10,13H,3,6,8H2/b12-7-/t10-/m0/s1. The second kappa shape index (κ2) is 4.61. The van der Waals surface area contributed by atoms with Crippen LogP contribution < -0.4 is 5.43 Å². The summed E-state index contributed by atoms with van der Waals surface area (Å²) in [7, 11) is -2.84. The maximum absolute atomic E-state index is 11.2. The number of hydrogen-bond acceptors (Lipinski definition) is 5. The number of rotatable bonds is 3. The number of sulfone groups is 1. The summed E-state index contributed by atoms with van der Waals surface area (Å²) < 4.78 is 22.3. The van der Waals surface area contributed by atoms with E-state index in [0.717, 1.165) is 5.56 Å². The molecule has 1 aliphatic heterocycles. The first-order valence-corrected chi connectivity index (χ1v) is 6.87. The molecule has 86 valence electrons. The van der Waals surface area contributed by atoms with Crippen LogP contribution in [0.3, 0.4) is 0 Å². The molecule has 0 saturated carbocycles. The minimum atomic E-state index is -2.84. The van der Waals surface area contributed by atoms with E-state index in [-0.39, 0.29) is 17.5 Å². The average molecular weight is 239 g/mol. The van der Waals surface area contributed by atoms with Crippen LogP contribution in [0.1, 0.15) is 12.0 Å². The summed E-state index contributed by atoms with van der Waals surface area (Å²) in [5.41, 5.74) is 3.79. The van der Waals surface area contributed by atoms with E-state index in [1.54, 1.807) is 18.6 Å². The molecule has 0 bridgehead atoms. The molecule has 6 heteroatoms. The van der Waals surface area contributed by atoms with E-state index in [1.807, 2.05) is 12.1 Å². The van der Waals surface area contributed by atoms with Crippen molar-refractivity contribution in [1.82, 2.24) is 10.4 Å². The van der Waals surface area contributed by atoms with Crippen molar-refractivity contribution >= 4 is 16.1 Å². The first-order chi connectivity index (χ1) is 7.66. The Morgan fingerprint density at radius 1 is 1.44 bits per heavy atom. The topological polar surface area (TPSA) is 71.4 Å². The van der Waals surface area contributed by atoms with Gasteiger partial charge in [0.05, 0.1) is 23.8 Å². The van der Waals surface area contributed by atoms with Gasteiger partial charge in [0.1, 0.15) is 0 Å². The molecule has 0 aliphatic carbocycles. The molecule has 0 aromatic carbocycles. The molecular formula is C10H13N3O2S. The SMILES string of the molecule is O=S1(=O)CC[C@H](N/N=C\c2ccncc2)C1. The maximum atomic E-state index is 11.2. The molecule has 1 saturated heterocycles. The third-order valence-electron chi connectivity index (χ3n) is 2.41. The van der Waals surface area contributed by atoms with Gasteiger partial charge >= 0.3 is 0 Å². The molecule has 1 N–H and O–H groups in total. The quantitative estimate of drug-likeness (QED) is 0.604. The van der Waals surface area contributed by atoms with Crippen LogP contribution in [-0.4, -0.2) is 37.2 Å². The largest absolute Gasteiger partial charge is 0.306 e. The monoisotopic (exact) mass is 239 g/mol. The summed E-state index contributed by atoms with van der Waals surface area (Å²) >= 11 is 0. The second-order valence-electron chi connectivity index (χ2n) is 3.77. The van der Waals surface area contributed by atoms with Crippen molar-refractivity contribution in [3.8, 4) is 0 Å². The first kappa shape index (κ1) is 11.1. The Balaban J connectivity index is 1.87. The Hall–Kier alpha value is -1.43. The molecule has 1 aromatic heterocycles. The van der Waals surface area contributed by atoms with Crippen molar-refractivity contribution in [3.63, 3.8) is 0 Å². The smallest absolute Gasteiger partial charge is 0.152 e. The van der Waals surface area contributed by atoms with Crippen molar-refractivity contribution in [2.75, 3.05) is 11.5 Å². The zero-order chi connectivity index (χ0) is 11.4. The first-order valence-electron chi connectivity index (χ1n) is 5.05. The van der Waals surface area contributed by atoms with Gasteiger partial charge in [0.2, 0.25) is 0 Å². The molecule has 2 rings (SSSR count). The van der Waals surface area contributed by atoms with Crippen LogP contribution >= 0.6 is 0 Å². The van der Waals surface area contributed by atoms with E-state index in [1.165, 1.54) is 0 Å². The summed E-state index contributed by atoms with van der Waals surface area (Å²) in [6, 6.07) is 3.61. The highest BCUT2D eigenvalue weighted by molar-refractivity contribution is 7.91. The molecule has 1 aromatic rings. The van der Waals surface area contributed by atoms with Crippen molar-refractivity contribution < 1.29 is 8.42 Å². The molecule has 1 atom stereocenters. The normalized spacial score (nSPS) is 23.6. The van der Waals surface area contributed by atoms with Gasteiger partial charge in [0, 0.05) is 12.4 Å². The number of hydrazone groups is 1. The van der Waals surface area contributed by atoms with E-state index < -0.39 is 9.84 Å². The van der Waals surface area contributed by atoms with Crippen molar-refractivity contribution in [2.45, 2.75) is 12.5 Å². The minimum Gasteiger partial charge on any atom is -0.306 e. The maximum Gasteiger partial charge on any atom is 0.152 e. The van der Waals surface area contributed by atoms with E-state index in [0.29, 0.717) is 6.42 Å². The van der Waals surface area contributed by atoms with Gasteiger partial charge in [-0.1, -0.05) is 0 Å². The molecule has 16 heavy (non-hydrogen) atoms. The van der Waals surface area contributed by atoms with Crippen LogP contribution in [0.5, 0.6) is 0 Å². The van der Waals surface area contributed by atoms with Crippen LogP contribution in [0.2, 0.25) is 0 Å². The fraction of sp³-hybridized carbons (Fsp3) is 0.400. The zero-order valence-corrected chi connectivity index (χ0v) is 9.52.